The van der Waals surface area contributed by atoms with Crippen LogP contribution in [0.3, 0.4) is 0 Å². The number of aryl methyl sites for hydroxylation is 1. The van der Waals surface area contributed by atoms with Crippen molar-refractivity contribution in [2.24, 2.45) is 7.05 Å². The molecule has 5 nitrogen and oxygen atoms in total. The lowest BCUT2D eigenvalue weighted by atomic mass is 10.1. The van der Waals surface area contributed by atoms with Crippen LogP contribution in [-0.2, 0) is 18.3 Å². The van der Waals surface area contributed by atoms with Crippen LogP contribution in [0, 0.1) is 0 Å². The van der Waals surface area contributed by atoms with Gasteiger partial charge in [0.1, 0.15) is 0 Å². The second kappa shape index (κ2) is 4.14. The van der Waals surface area contributed by atoms with E-state index in [9.17, 15) is 4.79 Å². The number of hydrogen-bond donors (Lipinski definition) is 1. The smallest absolute Gasteiger partial charge is 0.307 e. The molecule has 0 aliphatic heterocycles. The van der Waals surface area contributed by atoms with Crippen LogP contribution in [0.15, 0.2) is 31.0 Å². The maximum atomic E-state index is 10.7. The number of carboxylic acid groups (broad SMARTS) is 1. The Bertz CT molecular complexity index is 519. The van der Waals surface area contributed by atoms with Crippen LogP contribution < -0.4 is 0 Å². The number of hydrogen-bond acceptors (Lipinski definition) is 3. The molecule has 0 unspecified atom stereocenters. The minimum atomic E-state index is -0.870. The number of aromatic nitrogens is 3. The predicted octanol–water partition coefficient (Wildman–Crippen LogP) is 1.11. The van der Waals surface area contributed by atoms with Gasteiger partial charge in [-0.2, -0.15) is 0 Å². The number of carboxylic acids is 1. The van der Waals surface area contributed by atoms with E-state index in [2.05, 4.69) is 9.97 Å². The van der Waals surface area contributed by atoms with Gasteiger partial charge in [0.05, 0.1) is 18.4 Å². The standard InChI is InChI=1S/C11H11N3O2/c1-14-6-10(13-7-14)9-2-3-12-5-8(9)4-11(15)16/h2-3,5-7H,4H2,1H3,(H,15,16). The van der Waals surface area contributed by atoms with Gasteiger partial charge in [-0.3, -0.25) is 9.78 Å². The van der Waals surface area contributed by atoms with Crippen molar-refractivity contribution in [3.63, 3.8) is 0 Å². The van der Waals surface area contributed by atoms with Crippen molar-refractivity contribution in [2.75, 3.05) is 0 Å². The summed E-state index contributed by atoms with van der Waals surface area (Å²) in [5, 5.41) is 8.79. The molecule has 2 aromatic heterocycles. The molecule has 0 aromatic carbocycles. The molecule has 0 bridgehead atoms. The van der Waals surface area contributed by atoms with Gasteiger partial charge in [0, 0.05) is 31.2 Å². The first-order valence-corrected chi connectivity index (χ1v) is 4.80. The molecule has 0 spiro atoms. The Hall–Kier alpha value is -2.17. The molecular weight excluding hydrogens is 206 g/mol. The van der Waals surface area contributed by atoms with Crippen molar-refractivity contribution >= 4 is 5.97 Å². The van der Waals surface area contributed by atoms with Crippen molar-refractivity contribution in [1.82, 2.24) is 14.5 Å². The highest BCUT2D eigenvalue weighted by Gasteiger charge is 2.10. The lowest BCUT2D eigenvalue weighted by Crippen LogP contribution is -2.02. The third kappa shape index (κ3) is 2.08. The van der Waals surface area contributed by atoms with Gasteiger partial charge < -0.3 is 9.67 Å². The highest BCUT2D eigenvalue weighted by Crippen LogP contribution is 2.21. The van der Waals surface area contributed by atoms with Gasteiger partial charge in [0.2, 0.25) is 0 Å². The van der Waals surface area contributed by atoms with E-state index in [4.69, 9.17) is 5.11 Å². The van der Waals surface area contributed by atoms with Crippen LogP contribution in [-0.4, -0.2) is 25.6 Å². The minimum absolute atomic E-state index is 0.0419. The Morgan fingerprint density at radius 1 is 1.56 bits per heavy atom. The third-order valence-electron chi connectivity index (χ3n) is 2.23. The molecule has 2 heterocycles. The minimum Gasteiger partial charge on any atom is -0.481 e. The van der Waals surface area contributed by atoms with Crippen LogP contribution >= 0.6 is 0 Å². The van der Waals surface area contributed by atoms with E-state index < -0.39 is 5.97 Å². The van der Waals surface area contributed by atoms with Gasteiger partial charge in [0.15, 0.2) is 0 Å². The molecule has 2 aromatic rings. The van der Waals surface area contributed by atoms with Gasteiger partial charge in [-0.05, 0) is 11.6 Å². The monoisotopic (exact) mass is 217 g/mol. The van der Waals surface area contributed by atoms with Gasteiger partial charge in [-0.25, -0.2) is 4.98 Å². The molecule has 82 valence electrons. The zero-order valence-corrected chi connectivity index (χ0v) is 8.79. The van der Waals surface area contributed by atoms with Gasteiger partial charge >= 0.3 is 5.97 Å². The summed E-state index contributed by atoms with van der Waals surface area (Å²) in [5.74, 6) is -0.870. The predicted molar refractivity (Wildman–Crippen MR) is 57.8 cm³/mol. The quantitative estimate of drug-likeness (QED) is 0.836. The second-order valence-electron chi connectivity index (χ2n) is 3.53. The molecule has 0 saturated carbocycles. The zero-order valence-electron chi connectivity index (χ0n) is 8.79. The number of rotatable bonds is 3. The average Bonchev–Trinajstić information content (AvgIpc) is 2.65. The molecule has 2 rings (SSSR count). The van der Waals surface area contributed by atoms with E-state index in [1.807, 2.05) is 17.8 Å². The topological polar surface area (TPSA) is 68.0 Å². The molecule has 1 N–H and O–H groups in total. The van der Waals surface area contributed by atoms with Gasteiger partial charge in [-0.15, -0.1) is 0 Å². The molecular formula is C11H11N3O2. The molecule has 16 heavy (non-hydrogen) atoms. The molecule has 0 radical (unpaired) electrons. The SMILES string of the molecule is Cn1cnc(-c2ccncc2CC(=O)O)c1. The van der Waals surface area contributed by atoms with Crippen LogP contribution in [0.1, 0.15) is 5.56 Å². The lowest BCUT2D eigenvalue weighted by Gasteiger charge is -2.03. The molecule has 0 aliphatic rings. The van der Waals surface area contributed by atoms with Gasteiger partial charge in [0.25, 0.3) is 0 Å². The molecule has 5 heteroatoms. The lowest BCUT2D eigenvalue weighted by molar-refractivity contribution is -0.136. The first-order chi connectivity index (χ1) is 7.66. The highest BCUT2D eigenvalue weighted by atomic mass is 16.4. The van der Waals surface area contributed by atoms with Crippen molar-refractivity contribution in [2.45, 2.75) is 6.42 Å². The molecule has 0 amide bonds. The van der Waals surface area contributed by atoms with Crippen molar-refractivity contribution < 1.29 is 9.90 Å². The normalized spacial score (nSPS) is 10.3. The first kappa shape index (κ1) is 10.4. The highest BCUT2D eigenvalue weighted by molar-refractivity contribution is 5.74. The van der Waals surface area contributed by atoms with E-state index in [1.165, 1.54) is 0 Å². The average molecular weight is 217 g/mol. The van der Waals surface area contributed by atoms with Crippen LogP contribution in [0.5, 0.6) is 0 Å². The summed E-state index contributed by atoms with van der Waals surface area (Å²) in [5.41, 5.74) is 2.26. The largest absolute Gasteiger partial charge is 0.481 e. The summed E-state index contributed by atoms with van der Waals surface area (Å²) in [6.45, 7) is 0. The van der Waals surface area contributed by atoms with E-state index in [0.29, 0.717) is 5.56 Å². The molecule has 0 fully saturated rings. The van der Waals surface area contributed by atoms with E-state index >= 15 is 0 Å². The summed E-state index contributed by atoms with van der Waals surface area (Å²) >= 11 is 0. The Balaban J connectivity index is 2.43. The fourth-order valence-corrected chi connectivity index (χ4v) is 1.53. The number of nitrogens with zero attached hydrogens (tertiary/aromatic N) is 3. The number of aliphatic carboxylic acids is 1. The second-order valence-corrected chi connectivity index (χ2v) is 3.53. The van der Waals surface area contributed by atoms with E-state index in [1.54, 1.807) is 24.8 Å². The first-order valence-electron chi connectivity index (χ1n) is 4.80. The summed E-state index contributed by atoms with van der Waals surface area (Å²) in [4.78, 5) is 18.8. The Labute approximate surface area is 92.4 Å². The van der Waals surface area contributed by atoms with E-state index in [0.717, 1.165) is 11.3 Å². The van der Waals surface area contributed by atoms with Crippen molar-refractivity contribution in [3.8, 4) is 11.3 Å². The maximum absolute atomic E-state index is 10.7. The number of carbonyl (C=O) groups is 1. The van der Waals surface area contributed by atoms with Crippen molar-refractivity contribution in [3.05, 3.63) is 36.5 Å². The van der Waals surface area contributed by atoms with E-state index in [-0.39, 0.29) is 6.42 Å². The van der Waals surface area contributed by atoms with Gasteiger partial charge in [-0.1, -0.05) is 0 Å². The van der Waals surface area contributed by atoms with Crippen LogP contribution in [0.25, 0.3) is 11.3 Å². The molecule has 0 aliphatic carbocycles. The zero-order chi connectivity index (χ0) is 11.5. The molecule has 0 saturated heterocycles. The Kier molecular flexibility index (Phi) is 2.68. The fourth-order valence-electron chi connectivity index (χ4n) is 1.53. The summed E-state index contributed by atoms with van der Waals surface area (Å²) in [6.07, 6.45) is 6.69. The number of pyridine rings is 1. The summed E-state index contributed by atoms with van der Waals surface area (Å²) in [7, 11) is 1.87. The summed E-state index contributed by atoms with van der Waals surface area (Å²) in [6, 6.07) is 1.78. The maximum Gasteiger partial charge on any atom is 0.307 e. The fraction of sp³-hybridized carbons (Fsp3) is 0.182. The Morgan fingerprint density at radius 2 is 2.38 bits per heavy atom. The number of imidazole rings is 1. The third-order valence-corrected chi connectivity index (χ3v) is 2.23. The van der Waals surface area contributed by atoms with Crippen molar-refractivity contribution in [1.29, 1.82) is 0 Å². The molecule has 0 atom stereocenters. The summed E-state index contributed by atoms with van der Waals surface area (Å²) < 4.78 is 1.82. The van der Waals surface area contributed by atoms with Crippen LogP contribution in [0.2, 0.25) is 0 Å². The van der Waals surface area contributed by atoms with Crippen LogP contribution in [0.4, 0.5) is 0 Å². The Morgan fingerprint density at radius 3 is 3.00 bits per heavy atom.